The summed E-state index contributed by atoms with van der Waals surface area (Å²) in [6.45, 7) is 6.31. The summed E-state index contributed by atoms with van der Waals surface area (Å²) in [6, 6.07) is 0. The molecule has 0 spiro atoms. The van der Waals surface area contributed by atoms with Gasteiger partial charge >= 0.3 is 5.97 Å². The zero-order valence-electron chi connectivity index (χ0n) is 9.19. The van der Waals surface area contributed by atoms with Crippen LogP contribution in [0.5, 0.6) is 0 Å². The average Bonchev–Trinajstić information content (AvgIpc) is 3.01. The molecule has 2 fully saturated rings. The molecule has 0 radical (unpaired) electrons. The summed E-state index contributed by atoms with van der Waals surface area (Å²) in [5.74, 6) is 0.283. The second kappa shape index (κ2) is 4.94. The van der Waals surface area contributed by atoms with Gasteiger partial charge in [0.2, 0.25) is 0 Å². The van der Waals surface area contributed by atoms with Crippen LogP contribution in [0.2, 0.25) is 0 Å². The van der Waals surface area contributed by atoms with Gasteiger partial charge in [-0.25, -0.2) is 0 Å². The molecule has 1 N–H and O–H groups in total. The van der Waals surface area contributed by atoms with Gasteiger partial charge in [0.05, 0.1) is 6.42 Å². The molecule has 1 saturated carbocycles. The van der Waals surface area contributed by atoms with E-state index in [0.29, 0.717) is 6.54 Å². The van der Waals surface area contributed by atoms with Gasteiger partial charge in [0.25, 0.3) is 0 Å². The molecule has 15 heavy (non-hydrogen) atoms. The van der Waals surface area contributed by atoms with Crippen LogP contribution in [0.1, 0.15) is 19.3 Å². The molecule has 1 aliphatic heterocycles. The first kappa shape index (κ1) is 10.9. The van der Waals surface area contributed by atoms with Crippen LogP contribution >= 0.6 is 0 Å². The maximum atomic E-state index is 10.4. The number of nitrogens with zero attached hydrogens (tertiary/aromatic N) is 2. The first-order valence-corrected chi connectivity index (χ1v) is 5.90. The Labute approximate surface area is 90.9 Å². The van der Waals surface area contributed by atoms with Crippen LogP contribution in [0, 0.1) is 5.92 Å². The van der Waals surface area contributed by atoms with Crippen LogP contribution in [0.15, 0.2) is 0 Å². The van der Waals surface area contributed by atoms with Gasteiger partial charge in [-0.15, -0.1) is 0 Å². The monoisotopic (exact) mass is 212 g/mol. The standard InChI is InChI=1S/C11H20N2O2/c14-11(15)3-4-12-5-7-13(8-6-12)9-10-1-2-10/h10H,1-9H2,(H,14,15). The van der Waals surface area contributed by atoms with E-state index in [2.05, 4.69) is 9.80 Å². The smallest absolute Gasteiger partial charge is 0.304 e. The highest BCUT2D eigenvalue weighted by Gasteiger charge is 2.26. The second-order valence-corrected chi connectivity index (χ2v) is 4.73. The van der Waals surface area contributed by atoms with Crippen LogP contribution in [-0.2, 0) is 4.79 Å². The van der Waals surface area contributed by atoms with E-state index in [1.165, 1.54) is 19.4 Å². The van der Waals surface area contributed by atoms with Gasteiger partial charge in [0.15, 0.2) is 0 Å². The molecule has 4 heteroatoms. The minimum absolute atomic E-state index is 0.280. The highest BCUT2D eigenvalue weighted by Crippen LogP contribution is 2.29. The van der Waals surface area contributed by atoms with Gasteiger partial charge in [-0.2, -0.15) is 0 Å². The number of aliphatic carboxylic acids is 1. The van der Waals surface area contributed by atoms with Crippen LogP contribution in [-0.4, -0.2) is 60.1 Å². The molecule has 4 nitrogen and oxygen atoms in total. The van der Waals surface area contributed by atoms with E-state index in [4.69, 9.17) is 5.11 Å². The molecule has 86 valence electrons. The fourth-order valence-electron chi connectivity index (χ4n) is 2.11. The highest BCUT2D eigenvalue weighted by atomic mass is 16.4. The van der Waals surface area contributed by atoms with Crippen molar-refractivity contribution in [2.24, 2.45) is 5.92 Å². The molecule has 0 atom stereocenters. The van der Waals surface area contributed by atoms with E-state index in [-0.39, 0.29) is 6.42 Å². The molecule has 1 heterocycles. The van der Waals surface area contributed by atoms with Gasteiger partial charge < -0.3 is 14.9 Å². The Bertz CT molecular complexity index is 221. The van der Waals surface area contributed by atoms with Crippen molar-refractivity contribution >= 4 is 5.97 Å². The number of rotatable bonds is 5. The SMILES string of the molecule is O=C(O)CCN1CCN(CC2CC2)CC1. The van der Waals surface area contributed by atoms with E-state index in [9.17, 15) is 4.79 Å². The summed E-state index contributed by atoms with van der Waals surface area (Å²) in [5, 5.41) is 8.59. The van der Waals surface area contributed by atoms with Crippen LogP contribution in [0.3, 0.4) is 0 Å². The van der Waals surface area contributed by atoms with Gasteiger partial charge in [0, 0.05) is 39.3 Å². The molecule has 0 aromatic carbocycles. The number of carboxylic acid groups (broad SMARTS) is 1. The third-order valence-corrected chi connectivity index (χ3v) is 3.32. The molecule has 0 aromatic heterocycles. The van der Waals surface area contributed by atoms with Crippen molar-refractivity contribution in [3.8, 4) is 0 Å². The Hall–Kier alpha value is -0.610. The molecular formula is C11H20N2O2. The first-order chi connectivity index (χ1) is 7.24. The van der Waals surface area contributed by atoms with Crippen molar-refractivity contribution in [3.63, 3.8) is 0 Å². The molecule has 1 aliphatic carbocycles. The van der Waals surface area contributed by atoms with Crippen molar-refractivity contribution in [1.29, 1.82) is 0 Å². The third-order valence-electron chi connectivity index (χ3n) is 3.32. The summed E-state index contributed by atoms with van der Waals surface area (Å²) < 4.78 is 0. The molecule has 2 rings (SSSR count). The largest absolute Gasteiger partial charge is 0.481 e. The van der Waals surface area contributed by atoms with Gasteiger partial charge in [-0.3, -0.25) is 4.79 Å². The van der Waals surface area contributed by atoms with Crippen molar-refractivity contribution in [1.82, 2.24) is 9.80 Å². The van der Waals surface area contributed by atoms with E-state index in [1.54, 1.807) is 0 Å². The van der Waals surface area contributed by atoms with Gasteiger partial charge in [0.1, 0.15) is 0 Å². The van der Waals surface area contributed by atoms with Gasteiger partial charge in [-0.05, 0) is 18.8 Å². The second-order valence-electron chi connectivity index (χ2n) is 4.73. The Morgan fingerprint density at radius 2 is 1.73 bits per heavy atom. The lowest BCUT2D eigenvalue weighted by molar-refractivity contribution is -0.137. The minimum Gasteiger partial charge on any atom is -0.481 e. The number of hydrogen-bond acceptors (Lipinski definition) is 3. The Balaban J connectivity index is 1.60. The fraction of sp³-hybridized carbons (Fsp3) is 0.909. The number of piperazine rings is 1. The number of carboxylic acids is 1. The molecule has 0 aromatic rings. The zero-order valence-corrected chi connectivity index (χ0v) is 9.19. The third kappa shape index (κ3) is 3.80. The van der Waals surface area contributed by atoms with Crippen LogP contribution in [0.4, 0.5) is 0 Å². The van der Waals surface area contributed by atoms with E-state index in [1.807, 2.05) is 0 Å². The number of hydrogen-bond donors (Lipinski definition) is 1. The summed E-state index contributed by atoms with van der Waals surface area (Å²) in [5.41, 5.74) is 0. The molecule has 0 amide bonds. The van der Waals surface area contributed by atoms with Crippen LogP contribution in [0.25, 0.3) is 0 Å². The maximum absolute atomic E-state index is 10.4. The van der Waals surface area contributed by atoms with Gasteiger partial charge in [-0.1, -0.05) is 0 Å². The summed E-state index contributed by atoms with van der Waals surface area (Å²) in [6.07, 6.45) is 3.11. The van der Waals surface area contributed by atoms with E-state index in [0.717, 1.165) is 32.1 Å². The van der Waals surface area contributed by atoms with Crippen molar-refractivity contribution in [3.05, 3.63) is 0 Å². The van der Waals surface area contributed by atoms with Crippen LogP contribution < -0.4 is 0 Å². The Morgan fingerprint density at radius 1 is 1.13 bits per heavy atom. The lowest BCUT2D eigenvalue weighted by Gasteiger charge is -2.34. The maximum Gasteiger partial charge on any atom is 0.304 e. The molecule has 1 saturated heterocycles. The summed E-state index contributed by atoms with van der Waals surface area (Å²) >= 11 is 0. The highest BCUT2D eigenvalue weighted by molar-refractivity contribution is 5.66. The van der Waals surface area contributed by atoms with Crippen molar-refractivity contribution in [2.45, 2.75) is 19.3 Å². The lowest BCUT2D eigenvalue weighted by Crippen LogP contribution is -2.47. The first-order valence-electron chi connectivity index (χ1n) is 5.90. The van der Waals surface area contributed by atoms with Crippen molar-refractivity contribution in [2.75, 3.05) is 39.3 Å². The predicted octanol–water partition coefficient (Wildman–Crippen LogP) is 0.489. The average molecular weight is 212 g/mol. The Kier molecular flexibility index (Phi) is 3.59. The fourth-order valence-corrected chi connectivity index (χ4v) is 2.11. The molecule has 0 bridgehead atoms. The summed E-state index contributed by atoms with van der Waals surface area (Å²) in [4.78, 5) is 15.2. The lowest BCUT2D eigenvalue weighted by atomic mass is 10.2. The van der Waals surface area contributed by atoms with Crippen molar-refractivity contribution < 1.29 is 9.90 Å². The zero-order chi connectivity index (χ0) is 10.7. The normalized spacial score (nSPS) is 24.3. The molecule has 2 aliphatic rings. The van der Waals surface area contributed by atoms with E-state index >= 15 is 0 Å². The predicted molar refractivity (Wildman–Crippen MR) is 57.9 cm³/mol. The minimum atomic E-state index is -0.685. The number of carbonyl (C=O) groups is 1. The van der Waals surface area contributed by atoms with E-state index < -0.39 is 5.97 Å². The topological polar surface area (TPSA) is 43.8 Å². The molecule has 0 unspecified atom stereocenters. The quantitative estimate of drug-likeness (QED) is 0.720. The molecular weight excluding hydrogens is 192 g/mol. The Morgan fingerprint density at radius 3 is 2.27 bits per heavy atom. The summed E-state index contributed by atoms with van der Waals surface area (Å²) in [7, 11) is 0.